The minimum atomic E-state index is -1.57. The van der Waals surface area contributed by atoms with E-state index in [1.165, 1.54) is 12.1 Å². The molecule has 21 heavy (non-hydrogen) atoms. The highest BCUT2D eigenvalue weighted by molar-refractivity contribution is 9.10. The summed E-state index contributed by atoms with van der Waals surface area (Å²) in [6, 6.07) is 5.90. The standard InChI is InChI=1S/C15H14BrF2NO2/c16-13-7-8-4-5-9(15(20)21)6-12(8)19(13)11-3-1-2-10(17)14(11)18/h4-7,10-11,14H,1-3H2,(H,20,21). The lowest BCUT2D eigenvalue weighted by Crippen LogP contribution is -2.33. The van der Waals surface area contributed by atoms with Gasteiger partial charge in [-0.25, -0.2) is 13.6 Å². The molecule has 1 saturated carbocycles. The Morgan fingerprint density at radius 2 is 2.05 bits per heavy atom. The molecule has 1 aromatic carbocycles. The molecule has 0 bridgehead atoms. The largest absolute Gasteiger partial charge is 0.478 e. The third-order valence-corrected chi connectivity index (χ3v) is 4.68. The maximum atomic E-state index is 14.2. The van der Waals surface area contributed by atoms with E-state index in [9.17, 15) is 13.6 Å². The molecule has 1 aliphatic rings. The number of carboxylic acids is 1. The summed E-state index contributed by atoms with van der Waals surface area (Å²) in [5.74, 6) is -1.04. The summed E-state index contributed by atoms with van der Waals surface area (Å²) in [6.45, 7) is 0. The van der Waals surface area contributed by atoms with E-state index in [-0.39, 0.29) is 12.0 Å². The van der Waals surface area contributed by atoms with Crippen LogP contribution in [0.3, 0.4) is 0 Å². The summed E-state index contributed by atoms with van der Waals surface area (Å²) < 4.78 is 30.2. The fourth-order valence-electron chi connectivity index (χ4n) is 3.01. The average Bonchev–Trinajstić information content (AvgIpc) is 2.77. The number of aromatic carboxylic acids is 1. The summed E-state index contributed by atoms with van der Waals surface area (Å²) in [4.78, 5) is 11.1. The van der Waals surface area contributed by atoms with Crippen molar-refractivity contribution in [3.8, 4) is 0 Å². The first-order valence-electron chi connectivity index (χ1n) is 6.81. The number of aromatic nitrogens is 1. The van der Waals surface area contributed by atoms with E-state index in [0.717, 1.165) is 5.39 Å². The van der Waals surface area contributed by atoms with Gasteiger partial charge in [0.05, 0.1) is 21.7 Å². The highest BCUT2D eigenvalue weighted by Gasteiger charge is 2.36. The number of nitrogens with zero attached hydrogens (tertiary/aromatic N) is 1. The molecule has 0 spiro atoms. The van der Waals surface area contributed by atoms with Crippen LogP contribution in [0.15, 0.2) is 28.9 Å². The first-order chi connectivity index (χ1) is 9.99. The zero-order valence-corrected chi connectivity index (χ0v) is 12.7. The third kappa shape index (κ3) is 2.46. The Hall–Kier alpha value is -1.43. The predicted molar refractivity (Wildman–Crippen MR) is 79.3 cm³/mol. The number of hydrogen-bond donors (Lipinski definition) is 1. The molecule has 0 saturated heterocycles. The van der Waals surface area contributed by atoms with Crippen LogP contribution in [0.5, 0.6) is 0 Å². The summed E-state index contributed by atoms with van der Waals surface area (Å²) in [5.41, 5.74) is 0.751. The van der Waals surface area contributed by atoms with Gasteiger partial charge in [-0.3, -0.25) is 0 Å². The number of carbonyl (C=O) groups is 1. The van der Waals surface area contributed by atoms with Gasteiger partial charge in [-0.05, 0) is 53.4 Å². The zero-order chi connectivity index (χ0) is 15.1. The maximum Gasteiger partial charge on any atom is 0.335 e. The molecule has 1 N–H and O–H groups in total. The van der Waals surface area contributed by atoms with Crippen LogP contribution in [0.25, 0.3) is 10.9 Å². The Bertz CT molecular complexity index is 700. The van der Waals surface area contributed by atoms with Gasteiger partial charge >= 0.3 is 5.97 Å². The quantitative estimate of drug-likeness (QED) is 0.859. The van der Waals surface area contributed by atoms with Crippen molar-refractivity contribution in [3.05, 3.63) is 34.4 Å². The lowest BCUT2D eigenvalue weighted by Gasteiger charge is -2.31. The molecule has 1 aliphatic carbocycles. The number of alkyl halides is 2. The second-order valence-electron chi connectivity index (χ2n) is 5.37. The van der Waals surface area contributed by atoms with Gasteiger partial charge in [0.25, 0.3) is 0 Å². The van der Waals surface area contributed by atoms with Crippen molar-refractivity contribution >= 4 is 32.8 Å². The molecule has 112 valence electrons. The lowest BCUT2D eigenvalue weighted by atomic mass is 9.91. The number of halogens is 3. The second kappa shape index (κ2) is 5.40. The van der Waals surface area contributed by atoms with E-state index in [0.29, 0.717) is 23.0 Å². The topological polar surface area (TPSA) is 42.2 Å². The van der Waals surface area contributed by atoms with Crippen molar-refractivity contribution in [2.75, 3.05) is 0 Å². The van der Waals surface area contributed by atoms with Crippen molar-refractivity contribution in [1.82, 2.24) is 4.57 Å². The van der Waals surface area contributed by atoms with Crippen LogP contribution in [0.1, 0.15) is 35.7 Å². The van der Waals surface area contributed by atoms with Crippen LogP contribution in [0, 0.1) is 0 Å². The molecule has 3 atom stereocenters. The van der Waals surface area contributed by atoms with Gasteiger partial charge in [0.1, 0.15) is 6.17 Å². The molecular formula is C15H14BrF2NO2. The number of hydrogen-bond acceptors (Lipinski definition) is 1. The van der Waals surface area contributed by atoms with Gasteiger partial charge in [-0.1, -0.05) is 6.07 Å². The number of carboxylic acid groups (broad SMARTS) is 1. The monoisotopic (exact) mass is 357 g/mol. The lowest BCUT2D eigenvalue weighted by molar-refractivity contribution is 0.0696. The Morgan fingerprint density at radius 1 is 1.29 bits per heavy atom. The first kappa shape index (κ1) is 14.5. The normalized spacial score (nSPS) is 26.1. The number of fused-ring (bicyclic) bond motifs is 1. The molecule has 1 fully saturated rings. The van der Waals surface area contributed by atoms with E-state index in [2.05, 4.69) is 15.9 Å². The van der Waals surface area contributed by atoms with Gasteiger partial charge in [0, 0.05) is 5.39 Å². The fraction of sp³-hybridized carbons (Fsp3) is 0.400. The van der Waals surface area contributed by atoms with Crippen molar-refractivity contribution in [1.29, 1.82) is 0 Å². The van der Waals surface area contributed by atoms with Crippen LogP contribution < -0.4 is 0 Å². The summed E-state index contributed by atoms with van der Waals surface area (Å²) in [6.07, 6.45) is -1.62. The Kier molecular flexibility index (Phi) is 3.73. The highest BCUT2D eigenvalue weighted by atomic mass is 79.9. The minimum Gasteiger partial charge on any atom is -0.478 e. The van der Waals surface area contributed by atoms with Gasteiger partial charge in [-0.15, -0.1) is 0 Å². The molecule has 1 aromatic heterocycles. The highest BCUT2D eigenvalue weighted by Crippen LogP contribution is 2.38. The van der Waals surface area contributed by atoms with Gasteiger partial charge in [0.2, 0.25) is 0 Å². The van der Waals surface area contributed by atoms with Crippen molar-refractivity contribution in [2.24, 2.45) is 0 Å². The van der Waals surface area contributed by atoms with Crippen LogP contribution in [-0.4, -0.2) is 28.0 Å². The van der Waals surface area contributed by atoms with Crippen molar-refractivity contribution in [2.45, 2.75) is 37.6 Å². The van der Waals surface area contributed by atoms with Crippen LogP contribution in [0.4, 0.5) is 8.78 Å². The maximum absolute atomic E-state index is 14.2. The summed E-state index contributed by atoms with van der Waals surface area (Å²) in [5, 5.41) is 9.90. The molecule has 3 rings (SSSR count). The molecule has 3 nitrogen and oxygen atoms in total. The Balaban J connectivity index is 2.14. The minimum absolute atomic E-state index is 0.136. The fourth-order valence-corrected chi connectivity index (χ4v) is 3.71. The Labute approximate surface area is 128 Å². The Morgan fingerprint density at radius 3 is 2.76 bits per heavy atom. The van der Waals surface area contributed by atoms with Crippen molar-refractivity contribution < 1.29 is 18.7 Å². The predicted octanol–water partition coefficient (Wildman–Crippen LogP) is 4.50. The zero-order valence-electron chi connectivity index (χ0n) is 11.1. The average molecular weight is 358 g/mol. The number of rotatable bonds is 2. The molecule has 0 aliphatic heterocycles. The van der Waals surface area contributed by atoms with Crippen LogP contribution in [-0.2, 0) is 0 Å². The molecule has 3 unspecified atom stereocenters. The molecular weight excluding hydrogens is 344 g/mol. The van der Waals surface area contributed by atoms with Crippen LogP contribution in [0.2, 0.25) is 0 Å². The molecule has 2 aromatic rings. The van der Waals surface area contributed by atoms with E-state index < -0.39 is 24.4 Å². The molecule has 0 amide bonds. The second-order valence-corrected chi connectivity index (χ2v) is 6.19. The third-order valence-electron chi connectivity index (χ3n) is 4.07. The van der Waals surface area contributed by atoms with Crippen molar-refractivity contribution in [3.63, 3.8) is 0 Å². The van der Waals surface area contributed by atoms with E-state index >= 15 is 0 Å². The van der Waals surface area contributed by atoms with Gasteiger partial charge in [0.15, 0.2) is 6.17 Å². The van der Waals surface area contributed by atoms with Crippen LogP contribution >= 0.6 is 15.9 Å². The SMILES string of the molecule is O=C(O)c1ccc2cc(Br)n(C3CCCC(F)C3F)c2c1. The molecule has 0 radical (unpaired) electrons. The summed E-state index contributed by atoms with van der Waals surface area (Å²) >= 11 is 3.38. The summed E-state index contributed by atoms with van der Waals surface area (Å²) in [7, 11) is 0. The molecule has 6 heteroatoms. The first-order valence-corrected chi connectivity index (χ1v) is 7.60. The van der Waals surface area contributed by atoms with Gasteiger partial charge in [-0.2, -0.15) is 0 Å². The smallest absolute Gasteiger partial charge is 0.335 e. The van der Waals surface area contributed by atoms with Gasteiger partial charge < -0.3 is 9.67 Å². The van der Waals surface area contributed by atoms with E-state index in [1.807, 2.05) is 0 Å². The van der Waals surface area contributed by atoms with E-state index in [1.54, 1.807) is 16.7 Å². The molecule has 1 heterocycles. The number of benzene rings is 1. The van der Waals surface area contributed by atoms with E-state index in [4.69, 9.17) is 5.11 Å².